The Kier molecular flexibility index (Phi) is 5.14. The van der Waals surface area contributed by atoms with Crippen LogP contribution in [0.25, 0.3) is 17.0 Å². The Labute approximate surface area is 150 Å². The van der Waals surface area contributed by atoms with Crippen molar-refractivity contribution >= 4 is 39.9 Å². The predicted octanol–water partition coefficient (Wildman–Crippen LogP) is 4.60. The monoisotopic (exact) mass is 353 g/mol. The molecule has 0 bridgehead atoms. The third kappa shape index (κ3) is 3.72. The first-order valence-electron chi connectivity index (χ1n) is 8.19. The summed E-state index contributed by atoms with van der Waals surface area (Å²) in [6.07, 6.45) is 3.11. The lowest BCUT2D eigenvalue weighted by Gasteiger charge is -2.20. The van der Waals surface area contributed by atoms with Gasteiger partial charge in [0.15, 0.2) is 5.78 Å². The summed E-state index contributed by atoms with van der Waals surface area (Å²) in [5.41, 5.74) is 1.87. The third-order valence-electron chi connectivity index (χ3n) is 4.08. The van der Waals surface area contributed by atoms with Crippen molar-refractivity contribution in [2.45, 2.75) is 13.8 Å². The number of rotatable bonds is 6. The van der Waals surface area contributed by atoms with Crippen LogP contribution >= 0.6 is 11.3 Å². The molecule has 0 N–H and O–H groups in total. The summed E-state index contributed by atoms with van der Waals surface area (Å²) in [7, 11) is 0. The van der Waals surface area contributed by atoms with E-state index in [1.807, 2.05) is 35.0 Å². The summed E-state index contributed by atoms with van der Waals surface area (Å²) in [5, 5.41) is 4.60. The minimum Gasteiger partial charge on any atom is -0.422 e. The highest BCUT2D eigenvalue weighted by molar-refractivity contribution is 7.08. The second-order valence-corrected chi connectivity index (χ2v) is 6.38. The van der Waals surface area contributed by atoms with E-state index in [0.717, 1.165) is 29.7 Å². The van der Waals surface area contributed by atoms with Gasteiger partial charge in [-0.3, -0.25) is 4.79 Å². The number of anilines is 1. The molecule has 0 aliphatic heterocycles. The largest absolute Gasteiger partial charge is 0.422 e. The van der Waals surface area contributed by atoms with E-state index in [4.69, 9.17) is 4.42 Å². The highest BCUT2D eigenvalue weighted by atomic mass is 32.1. The number of benzene rings is 1. The topological polar surface area (TPSA) is 50.5 Å². The molecule has 3 rings (SSSR count). The van der Waals surface area contributed by atoms with Crippen molar-refractivity contribution < 1.29 is 9.21 Å². The minimum absolute atomic E-state index is 0.0505. The zero-order valence-corrected chi connectivity index (χ0v) is 15.0. The van der Waals surface area contributed by atoms with Crippen molar-refractivity contribution in [2.75, 3.05) is 18.0 Å². The van der Waals surface area contributed by atoms with E-state index in [-0.39, 0.29) is 11.3 Å². The molecule has 0 unspecified atom stereocenters. The van der Waals surface area contributed by atoms with Gasteiger partial charge in [0.1, 0.15) is 11.1 Å². The third-order valence-corrected chi connectivity index (χ3v) is 4.79. The summed E-state index contributed by atoms with van der Waals surface area (Å²) in [6, 6.07) is 9.22. The maximum atomic E-state index is 12.3. The first-order chi connectivity index (χ1) is 12.1. The molecule has 0 radical (unpaired) electrons. The number of carbonyl (C=O) groups is 1. The predicted molar refractivity (Wildman–Crippen MR) is 104 cm³/mol. The van der Waals surface area contributed by atoms with Crippen LogP contribution in [0.3, 0.4) is 0 Å². The number of nitrogens with zero attached hydrogens (tertiary/aromatic N) is 1. The molecular formula is C20H19NO3S. The summed E-state index contributed by atoms with van der Waals surface area (Å²) in [6.45, 7) is 5.89. The molecule has 0 atom stereocenters. The Morgan fingerprint density at radius 1 is 1.20 bits per heavy atom. The first-order valence-corrected chi connectivity index (χ1v) is 9.14. The van der Waals surface area contributed by atoms with Crippen LogP contribution in [-0.4, -0.2) is 18.9 Å². The standard InChI is InChI=1S/C20H19NO3S/c1-3-21(4-2)16-7-6-15-11-17(20(23)24-19(15)12-16)18(22)8-5-14-9-10-25-13-14/h5-13H,3-4H2,1-2H3. The lowest BCUT2D eigenvalue weighted by Crippen LogP contribution is -2.21. The summed E-state index contributed by atoms with van der Waals surface area (Å²) in [4.78, 5) is 26.7. The van der Waals surface area contributed by atoms with Crippen LogP contribution in [0.1, 0.15) is 29.8 Å². The van der Waals surface area contributed by atoms with Crippen LogP contribution in [0.5, 0.6) is 0 Å². The molecule has 2 aromatic heterocycles. The Balaban J connectivity index is 1.95. The normalized spacial score (nSPS) is 11.3. The molecule has 0 aliphatic carbocycles. The molecule has 0 amide bonds. The zero-order chi connectivity index (χ0) is 17.8. The summed E-state index contributed by atoms with van der Waals surface area (Å²) < 4.78 is 5.40. The van der Waals surface area contributed by atoms with Gasteiger partial charge < -0.3 is 9.32 Å². The molecular weight excluding hydrogens is 334 g/mol. The molecule has 0 saturated heterocycles. The Morgan fingerprint density at radius 3 is 2.68 bits per heavy atom. The molecule has 0 aliphatic rings. The van der Waals surface area contributed by atoms with Crippen molar-refractivity contribution in [1.29, 1.82) is 0 Å². The van der Waals surface area contributed by atoms with Gasteiger partial charge in [0.05, 0.1) is 0 Å². The van der Waals surface area contributed by atoms with Gasteiger partial charge in [0.25, 0.3) is 0 Å². The fourth-order valence-corrected chi connectivity index (χ4v) is 3.32. The number of thiophene rings is 1. The Hall–Kier alpha value is -2.66. The second kappa shape index (κ2) is 7.49. The van der Waals surface area contributed by atoms with Crippen molar-refractivity contribution in [3.8, 4) is 0 Å². The lowest BCUT2D eigenvalue weighted by atomic mass is 10.1. The molecule has 3 aromatic rings. The van der Waals surface area contributed by atoms with Gasteiger partial charge in [0, 0.05) is 30.2 Å². The van der Waals surface area contributed by atoms with E-state index < -0.39 is 5.63 Å². The molecule has 0 fully saturated rings. The molecule has 0 spiro atoms. The van der Waals surface area contributed by atoms with Crippen LogP contribution in [-0.2, 0) is 0 Å². The van der Waals surface area contributed by atoms with Crippen molar-refractivity contribution in [2.24, 2.45) is 0 Å². The van der Waals surface area contributed by atoms with E-state index in [0.29, 0.717) is 5.58 Å². The molecule has 25 heavy (non-hydrogen) atoms. The fraction of sp³-hybridized carbons (Fsp3) is 0.200. The van der Waals surface area contributed by atoms with Crippen molar-refractivity contribution in [1.82, 2.24) is 0 Å². The molecule has 5 heteroatoms. The Bertz CT molecular complexity index is 966. The molecule has 1 aromatic carbocycles. The number of carbonyl (C=O) groups excluding carboxylic acids is 1. The van der Waals surface area contributed by atoms with Gasteiger partial charge in [-0.25, -0.2) is 4.79 Å². The molecule has 2 heterocycles. The maximum absolute atomic E-state index is 12.3. The van der Waals surface area contributed by atoms with Gasteiger partial charge in [-0.05, 0) is 60.5 Å². The van der Waals surface area contributed by atoms with Gasteiger partial charge in [0.2, 0.25) is 0 Å². The quantitative estimate of drug-likeness (QED) is 0.369. The number of allylic oxidation sites excluding steroid dienone is 1. The summed E-state index contributed by atoms with van der Waals surface area (Å²) >= 11 is 1.55. The lowest BCUT2D eigenvalue weighted by molar-refractivity contribution is 0.104. The van der Waals surface area contributed by atoms with E-state index >= 15 is 0 Å². The molecule has 0 saturated carbocycles. The van der Waals surface area contributed by atoms with Gasteiger partial charge in [-0.2, -0.15) is 11.3 Å². The van der Waals surface area contributed by atoms with Gasteiger partial charge in [-0.15, -0.1) is 0 Å². The van der Waals surface area contributed by atoms with E-state index in [9.17, 15) is 9.59 Å². The summed E-state index contributed by atoms with van der Waals surface area (Å²) in [5.74, 6) is -0.352. The van der Waals surface area contributed by atoms with Crippen molar-refractivity contribution in [3.63, 3.8) is 0 Å². The highest BCUT2D eigenvalue weighted by Gasteiger charge is 2.12. The molecule has 4 nitrogen and oxygen atoms in total. The van der Waals surface area contributed by atoms with Gasteiger partial charge >= 0.3 is 5.63 Å². The van der Waals surface area contributed by atoms with Gasteiger partial charge in [-0.1, -0.05) is 6.08 Å². The van der Waals surface area contributed by atoms with Crippen LogP contribution in [0.4, 0.5) is 5.69 Å². The fourth-order valence-electron chi connectivity index (χ4n) is 2.69. The minimum atomic E-state index is -0.607. The maximum Gasteiger partial charge on any atom is 0.347 e. The number of fused-ring (bicyclic) bond motifs is 1. The van der Waals surface area contributed by atoms with Crippen molar-refractivity contribution in [3.05, 3.63) is 68.7 Å². The van der Waals surface area contributed by atoms with E-state index in [2.05, 4.69) is 18.7 Å². The van der Waals surface area contributed by atoms with Crippen LogP contribution in [0, 0.1) is 0 Å². The van der Waals surface area contributed by atoms with E-state index in [1.54, 1.807) is 23.5 Å². The number of hydrogen-bond acceptors (Lipinski definition) is 5. The number of hydrogen-bond donors (Lipinski definition) is 0. The number of ketones is 1. The molecule has 128 valence electrons. The van der Waals surface area contributed by atoms with Crippen LogP contribution in [0.15, 0.2) is 56.4 Å². The Morgan fingerprint density at radius 2 is 2.00 bits per heavy atom. The SMILES string of the molecule is CCN(CC)c1ccc2cc(C(=O)C=Cc3ccsc3)c(=O)oc2c1. The van der Waals surface area contributed by atoms with Crippen LogP contribution in [0.2, 0.25) is 0 Å². The highest BCUT2D eigenvalue weighted by Crippen LogP contribution is 2.22. The first kappa shape index (κ1) is 17.2. The zero-order valence-electron chi connectivity index (χ0n) is 14.2. The average molecular weight is 353 g/mol. The second-order valence-electron chi connectivity index (χ2n) is 5.60. The van der Waals surface area contributed by atoms with Crippen LogP contribution < -0.4 is 10.5 Å². The smallest absolute Gasteiger partial charge is 0.347 e. The van der Waals surface area contributed by atoms with E-state index in [1.165, 1.54) is 6.08 Å². The average Bonchev–Trinajstić information content (AvgIpc) is 3.13.